The van der Waals surface area contributed by atoms with Gasteiger partial charge in [0.2, 0.25) is 5.91 Å². The van der Waals surface area contributed by atoms with Crippen molar-refractivity contribution < 1.29 is 4.79 Å². The fraction of sp³-hybridized carbons (Fsp3) is 0.611. The van der Waals surface area contributed by atoms with Crippen LogP contribution in [0.2, 0.25) is 0 Å². The Kier molecular flexibility index (Phi) is 5.04. The second-order valence-corrected chi connectivity index (χ2v) is 8.07. The number of carbonyl (C=O) groups excluding carboxylic acids is 1. The van der Waals surface area contributed by atoms with Gasteiger partial charge in [-0.25, -0.2) is 4.98 Å². The van der Waals surface area contributed by atoms with E-state index >= 15 is 0 Å². The van der Waals surface area contributed by atoms with Gasteiger partial charge in [0.15, 0.2) is 0 Å². The summed E-state index contributed by atoms with van der Waals surface area (Å²) >= 11 is 1.65. The highest BCUT2D eigenvalue weighted by atomic mass is 32.1. The number of nitrogens with one attached hydrogen (secondary N) is 1. The summed E-state index contributed by atoms with van der Waals surface area (Å²) in [4.78, 5) is 31.5. The average molecular weight is 347 g/mol. The number of fused-ring (bicyclic) bond motifs is 3. The van der Waals surface area contributed by atoms with Crippen LogP contribution in [0.5, 0.6) is 0 Å². The second kappa shape index (κ2) is 7.05. The van der Waals surface area contributed by atoms with Crippen LogP contribution in [0.1, 0.15) is 50.5 Å². The van der Waals surface area contributed by atoms with Crippen molar-refractivity contribution in [2.75, 3.05) is 0 Å². The Hall–Kier alpha value is -1.69. The van der Waals surface area contributed by atoms with E-state index in [9.17, 15) is 9.59 Å². The molecule has 0 radical (unpaired) electrons. The molecule has 0 saturated carbocycles. The van der Waals surface area contributed by atoms with Crippen LogP contribution in [-0.4, -0.2) is 21.5 Å². The molecule has 1 N–H and O–H groups in total. The molecule has 1 amide bonds. The highest BCUT2D eigenvalue weighted by molar-refractivity contribution is 7.18. The predicted molar refractivity (Wildman–Crippen MR) is 97.6 cm³/mol. The smallest absolute Gasteiger partial charge is 0.262 e. The topological polar surface area (TPSA) is 64.0 Å². The lowest BCUT2D eigenvalue weighted by molar-refractivity contribution is -0.122. The van der Waals surface area contributed by atoms with E-state index in [0.717, 1.165) is 29.5 Å². The first-order valence-electron chi connectivity index (χ1n) is 8.76. The first-order valence-corrected chi connectivity index (χ1v) is 9.58. The van der Waals surface area contributed by atoms with E-state index in [2.05, 4.69) is 24.1 Å². The Bertz CT molecular complexity index is 806. The highest BCUT2D eigenvalue weighted by Gasteiger charge is 2.20. The van der Waals surface area contributed by atoms with Gasteiger partial charge in [0.05, 0.1) is 11.7 Å². The molecule has 0 saturated heterocycles. The maximum absolute atomic E-state index is 12.8. The summed E-state index contributed by atoms with van der Waals surface area (Å²) in [6, 6.07) is 0.138. The molecular formula is C18H25N3O2S. The minimum Gasteiger partial charge on any atom is -0.353 e. The van der Waals surface area contributed by atoms with Gasteiger partial charge in [0.25, 0.3) is 5.56 Å². The van der Waals surface area contributed by atoms with E-state index in [1.165, 1.54) is 16.9 Å². The fourth-order valence-electron chi connectivity index (χ4n) is 3.06. The molecule has 24 heavy (non-hydrogen) atoms. The van der Waals surface area contributed by atoms with Gasteiger partial charge >= 0.3 is 0 Å². The lowest BCUT2D eigenvalue weighted by atomic mass is 9.97. The van der Waals surface area contributed by atoms with E-state index in [1.54, 1.807) is 22.2 Å². The van der Waals surface area contributed by atoms with Crippen LogP contribution in [-0.2, 0) is 24.2 Å². The lowest BCUT2D eigenvalue weighted by Gasteiger charge is -2.17. The second-order valence-electron chi connectivity index (χ2n) is 6.98. The Balaban J connectivity index is 1.77. The van der Waals surface area contributed by atoms with Crippen LogP contribution in [0.3, 0.4) is 0 Å². The Labute approximate surface area is 146 Å². The van der Waals surface area contributed by atoms with Gasteiger partial charge in [-0.15, -0.1) is 11.3 Å². The molecule has 130 valence electrons. The molecule has 2 aromatic rings. The lowest BCUT2D eigenvalue weighted by Crippen LogP contribution is -2.37. The zero-order valence-electron chi connectivity index (χ0n) is 14.6. The van der Waals surface area contributed by atoms with Gasteiger partial charge in [0.1, 0.15) is 4.83 Å². The molecule has 0 bridgehead atoms. The first kappa shape index (κ1) is 17.1. The van der Waals surface area contributed by atoms with E-state index in [0.29, 0.717) is 18.9 Å². The fourth-order valence-corrected chi connectivity index (χ4v) is 4.27. The van der Waals surface area contributed by atoms with Gasteiger partial charge in [-0.2, -0.15) is 0 Å². The number of hydrogen-bond donors (Lipinski definition) is 1. The van der Waals surface area contributed by atoms with Crippen molar-refractivity contribution >= 4 is 27.5 Å². The van der Waals surface area contributed by atoms with Crippen molar-refractivity contribution in [1.82, 2.24) is 14.9 Å². The zero-order chi connectivity index (χ0) is 17.3. The number of carbonyl (C=O) groups is 1. The summed E-state index contributed by atoms with van der Waals surface area (Å²) in [6.07, 6.45) is 6.26. The van der Waals surface area contributed by atoms with E-state index < -0.39 is 0 Å². The monoisotopic (exact) mass is 347 g/mol. The Morgan fingerprint density at radius 2 is 2.08 bits per heavy atom. The molecule has 0 spiro atoms. The van der Waals surface area contributed by atoms with Crippen molar-refractivity contribution in [1.29, 1.82) is 0 Å². The minimum atomic E-state index is -0.0180. The van der Waals surface area contributed by atoms with E-state index in [1.807, 2.05) is 6.92 Å². The molecule has 1 aliphatic rings. The van der Waals surface area contributed by atoms with Crippen molar-refractivity contribution in [3.05, 3.63) is 27.1 Å². The zero-order valence-corrected chi connectivity index (χ0v) is 15.4. The normalized spacial score (nSPS) is 15.5. The molecule has 2 heterocycles. The van der Waals surface area contributed by atoms with Crippen LogP contribution in [0.25, 0.3) is 10.2 Å². The maximum Gasteiger partial charge on any atom is 0.262 e. The van der Waals surface area contributed by atoms with Gasteiger partial charge < -0.3 is 5.32 Å². The van der Waals surface area contributed by atoms with Crippen molar-refractivity contribution in [2.24, 2.45) is 5.92 Å². The summed E-state index contributed by atoms with van der Waals surface area (Å²) in [5.41, 5.74) is 1.20. The first-order chi connectivity index (χ1) is 11.5. The molecule has 6 heteroatoms. The molecule has 1 atom stereocenters. The maximum atomic E-state index is 12.8. The minimum absolute atomic E-state index is 0.00380. The number of aromatic nitrogens is 2. The number of amides is 1. The van der Waals surface area contributed by atoms with Crippen molar-refractivity contribution in [2.45, 2.75) is 65.5 Å². The standard InChI is InChI=1S/C18H25N3O2S/c1-11(2)12(3)20-15(22)8-9-21-10-19-17-16(18(21)23)13-6-4-5-7-14(13)24-17/h10-12H,4-9H2,1-3H3,(H,20,22). The Morgan fingerprint density at radius 3 is 2.83 bits per heavy atom. The third-order valence-electron chi connectivity index (χ3n) is 4.91. The number of nitrogens with zero attached hydrogens (tertiary/aromatic N) is 2. The highest BCUT2D eigenvalue weighted by Crippen LogP contribution is 2.33. The average Bonchev–Trinajstić information content (AvgIpc) is 2.93. The summed E-state index contributed by atoms with van der Waals surface area (Å²) < 4.78 is 1.59. The van der Waals surface area contributed by atoms with Gasteiger partial charge in [-0.3, -0.25) is 14.2 Å². The van der Waals surface area contributed by atoms with E-state index in [-0.39, 0.29) is 17.5 Å². The molecule has 0 aromatic carbocycles. The molecule has 1 unspecified atom stereocenters. The molecule has 0 aliphatic heterocycles. The summed E-state index contributed by atoms with van der Waals surface area (Å²) in [5.74, 6) is 0.377. The molecule has 5 nitrogen and oxygen atoms in total. The Morgan fingerprint density at radius 1 is 1.33 bits per heavy atom. The number of aryl methyl sites for hydroxylation is 3. The third kappa shape index (κ3) is 3.38. The summed E-state index contributed by atoms with van der Waals surface area (Å²) in [6.45, 7) is 6.53. The van der Waals surface area contributed by atoms with Crippen molar-refractivity contribution in [3.8, 4) is 0 Å². The van der Waals surface area contributed by atoms with Crippen LogP contribution < -0.4 is 10.9 Å². The summed E-state index contributed by atoms with van der Waals surface area (Å²) in [5, 5.41) is 3.76. The van der Waals surface area contributed by atoms with Gasteiger partial charge in [-0.05, 0) is 44.1 Å². The van der Waals surface area contributed by atoms with Crippen molar-refractivity contribution in [3.63, 3.8) is 0 Å². The largest absolute Gasteiger partial charge is 0.353 e. The number of hydrogen-bond acceptors (Lipinski definition) is 4. The van der Waals surface area contributed by atoms with Crippen LogP contribution in [0.4, 0.5) is 0 Å². The SMILES string of the molecule is CC(C)C(C)NC(=O)CCn1cnc2sc3c(c2c1=O)CCCC3. The van der Waals surface area contributed by atoms with E-state index in [4.69, 9.17) is 0 Å². The van der Waals surface area contributed by atoms with Gasteiger partial charge in [-0.1, -0.05) is 13.8 Å². The van der Waals surface area contributed by atoms with Crippen LogP contribution >= 0.6 is 11.3 Å². The predicted octanol–water partition coefficient (Wildman–Crippen LogP) is 2.89. The van der Waals surface area contributed by atoms with Crippen LogP contribution in [0.15, 0.2) is 11.1 Å². The molecular weight excluding hydrogens is 322 g/mol. The third-order valence-corrected chi connectivity index (χ3v) is 6.11. The number of thiophene rings is 1. The van der Waals surface area contributed by atoms with Crippen LogP contribution in [0, 0.1) is 5.92 Å². The molecule has 2 aromatic heterocycles. The molecule has 0 fully saturated rings. The summed E-state index contributed by atoms with van der Waals surface area (Å²) in [7, 11) is 0. The molecule has 1 aliphatic carbocycles. The number of rotatable bonds is 5. The molecule has 3 rings (SSSR count). The quantitative estimate of drug-likeness (QED) is 0.904. The van der Waals surface area contributed by atoms with Gasteiger partial charge in [0, 0.05) is 23.9 Å².